The number of carbonyl (C=O) groups is 1. The van der Waals surface area contributed by atoms with Gasteiger partial charge in [0.25, 0.3) is 0 Å². The molecule has 1 aromatic heterocycles. The summed E-state index contributed by atoms with van der Waals surface area (Å²) in [6.45, 7) is 2.62. The van der Waals surface area contributed by atoms with Crippen molar-refractivity contribution in [3.8, 4) is 6.07 Å². The standard InChI is InChI=1S/C13H19N3O3S/c1-2-19-12(18)5-3-8-20-13-15-9-11(10-17)16(13)7-4-6-14/h9,17H,2-5,7-8,10H2,1H3. The molecule has 110 valence electrons. The van der Waals surface area contributed by atoms with Crippen LogP contribution in [-0.2, 0) is 22.7 Å². The highest BCUT2D eigenvalue weighted by atomic mass is 32.2. The van der Waals surface area contributed by atoms with Gasteiger partial charge in [0.05, 0.1) is 37.6 Å². The highest BCUT2D eigenvalue weighted by Gasteiger charge is 2.10. The molecule has 0 unspecified atom stereocenters. The lowest BCUT2D eigenvalue weighted by molar-refractivity contribution is -0.143. The number of esters is 1. The maximum atomic E-state index is 11.2. The van der Waals surface area contributed by atoms with Crippen LogP contribution in [0.4, 0.5) is 0 Å². The highest BCUT2D eigenvalue weighted by Crippen LogP contribution is 2.20. The maximum Gasteiger partial charge on any atom is 0.305 e. The van der Waals surface area contributed by atoms with Crippen molar-refractivity contribution in [3.63, 3.8) is 0 Å². The number of hydrogen-bond acceptors (Lipinski definition) is 6. The van der Waals surface area contributed by atoms with Gasteiger partial charge in [-0.25, -0.2) is 4.98 Å². The number of nitriles is 1. The number of aliphatic hydroxyl groups excluding tert-OH is 1. The third kappa shape index (κ3) is 5.23. The second kappa shape index (κ2) is 9.39. The van der Waals surface area contributed by atoms with Gasteiger partial charge in [0.15, 0.2) is 5.16 Å². The summed E-state index contributed by atoms with van der Waals surface area (Å²) < 4.78 is 6.70. The van der Waals surface area contributed by atoms with Gasteiger partial charge in [-0.15, -0.1) is 0 Å². The molecule has 1 heterocycles. The molecule has 1 aromatic rings. The van der Waals surface area contributed by atoms with Gasteiger partial charge in [-0.1, -0.05) is 11.8 Å². The lowest BCUT2D eigenvalue weighted by Crippen LogP contribution is -2.06. The Labute approximate surface area is 122 Å². The van der Waals surface area contributed by atoms with Crippen LogP contribution in [0.1, 0.15) is 31.9 Å². The molecule has 0 aliphatic rings. The molecule has 0 fully saturated rings. The summed E-state index contributed by atoms with van der Waals surface area (Å²) in [5, 5.41) is 18.6. The van der Waals surface area contributed by atoms with E-state index in [0.29, 0.717) is 38.1 Å². The van der Waals surface area contributed by atoms with Gasteiger partial charge < -0.3 is 14.4 Å². The third-order valence-corrected chi connectivity index (χ3v) is 3.65. The fourth-order valence-electron chi connectivity index (χ4n) is 1.65. The molecule has 0 aromatic carbocycles. The molecule has 6 nitrogen and oxygen atoms in total. The Morgan fingerprint density at radius 1 is 1.65 bits per heavy atom. The first-order chi connectivity index (χ1) is 9.72. The van der Waals surface area contributed by atoms with Crippen LogP contribution in [0.5, 0.6) is 0 Å². The molecule has 20 heavy (non-hydrogen) atoms. The van der Waals surface area contributed by atoms with Crippen LogP contribution in [0.3, 0.4) is 0 Å². The average Bonchev–Trinajstić information content (AvgIpc) is 2.83. The summed E-state index contributed by atoms with van der Waals surface area (Å²) in [4.78, 5) is 15.4. The number of ether oxygens (including phenoxy) is 1. The monoisotopic (exact) mass is 297 g/mol. The molecule has 0 aliphatic carbocycles. The Hall–Kier alpha value is -1.52. The number of imidazole rings is 1. The molecule has 0 spiro atoms. The normalized spacial score (nSPS) is 10.2. The molecule has 0 saturated carbocycles. The average molecular weight is 297 g/mol. The molecule has 0 amide bonds. The van der Waals surface area contributed by atoms with Crippen molar-refractivity contribution in [2.24, 2.45) is 0 Å². The van der Waals surface area contributed by atoms with E-state index in [0.717, 1.165) is 10.9 Å². The number of nitrogens with zero attached hydrogens (tertiary/aromatic N) is 3. The van der Waals surface area contributed by atoms with Gasteiger partial charge in [0.1, 0.15) is 0 Å². The minimum atomic E-state index is -0.183. The molecule has 0 radical (unpaired) electrons. The summed E-state index contributed by atoms with van der Waals surface area (Å²) in [7, 11) is 0. The lowest BCUT2D eigenvalue weighted by Gasteiger charge is -2.08. The van der Waals surface area contributed by atoms with Crippen LogP contribution < -0.4 is 0 Å². The van der Waals surface area contributed by atoms with Crippen LogP contribution in [0.25, 0.3) is 0 Å². The molecule has 7 heteroatoms. The fourth-order valence-corrected chi connectivity index (χ4v) is 2.61. The van der Waals surface area contributed by atoms with E-state index in [1.54, 1.807) is 13.1 Å². The minimum Gasteiger partial charge on any atom is -0.466 e. The summed E-state index contributed by atoms with van der Waals surface area (Å²) >= 11 is 1.52. The Morgan fingerprint density at radius 2 is 2.45 bits per heavy atom. The summed E-state index contributed by atoms with van der Waals surface area (Å²) in [6.07, 6.45) is 3.10. The number of rotatable bonds is 9. The van der Waals surface area contributed by atoms with Crippen molar-refractivity contribution in [2.45, 2.75) is 44.5 Å². The van der Waals surface area contributed by atoms with Crippen molar-refractivity contribution < 1.29 is 14.6 Å². The molecule has 0 saturated heterocycles. The van der Waals surface area contributed by atoms with E-state index in [1.807, 2.05) is 4.57 Å². The molecule has 1 N–H and O–H groups in total. The highest BCUT2D eigenvalue weighted by molar-refractivity contribution is 7.99. The van der Waals surface area contributed by atoms with E-state index in [4.69, 9.17) is 10.00 Å². The Balaban J connectivity index is 2.45. The predicted molar refractivity (Wildman–Crippen MR) is 75.0 cm³/mol. The molecule has 1 rings (SSSR count). The smallest absolute Gasteiger partial charge is 0.305 e. The molecule has 0 aliphatic heterocycles. The second-order valence-electron chi connectivity index (χ2n) is 4.01. The van der Waals surface area contributed by atoms with Crippen molar-refractivity contribution in [2.75, 3.05) is 12.4 Å². The Kier molecular flexibility index (Phi) is 7.77. The van der Waals surface area contributed by atoms with Crippen molar-refractivity contribution >= 4 is 17.7 Å². The summed E-state index contributed by atoms with van der Waals surface area (Å²) in [5.74, 6) is 0.560. The molecule has 0 atom stereocenters. The largest absolute Gasteiger partial charge is 0.466 e. The number of aromatic nitrogens is 2. The predicted octanol–water partition coefficient (Wildman–Crippen LogP) is 1.72. The molecular formula is C13H19N3O3S. The SMILES string of the molecule is CCOC(=O)CCCSc1ncc(CO)n1CCC#N. The first-order valence-corrected chi connectivity index (χ1v) is 7.52. The summed E-state index contributed by atoms with van der Waals surface area (Å²) in [6, 6.07) is 2.08. The first kappa shape index (κ1) is 16.5. The number of carbonyl (C=O) groups excluding carboxylic acids is 1. The van der Waals surface area contributed by atoms with E-state index in [9.17, 15) is 9.90 Å². The van der Waals surface area contributed by atoms with Crippen molar-refractivity contribution in [3.05, 3.63) is 11.9 Å². The fraction of sp³-hybridized carbons (Fsp3) is 0.615. The summed E-state index contributed by atoms with van der Waals surface area (Å²) in [5.41, 5.74) is 0.702. The van der Waals surface area contributed by atoms with Crippen LogP contribution in [-0.4, -0.2) is 33.0 Å². The zero-order valence-corrected chi connectivity index (χ0v) is 12.4. The zero-order valence-electron chi connectivity index (χ0n) is 11.5. The molecular weight excluding hydrogens is 278 g/mol. The van der Waals surface area contributed by atoms with Gasteiger partial charge >= 0.3 is 5.97 Å². The third-order valence-electron chi connectivity index (χ3n) is 2.57. The first-order valence-electron chi connectivity index (χ1n) is 6.53. The topological polar surface area (TPSA) is 88.1 Å². The minimum absolute atomic E-state index is 0.0954. The number of hydrogen-bond donors (Lipinski definition) is 1. The van der Waals surface area contributed by atoms with Crippen LogP contribution in [0.2, 0.25) is 0 Å². The van der Waals surface area contributed by atoms with Gasteiger partial charge in [-0.2, -0.15) is 5.26 Å². The van der Waals surface area contributed by atoms with E-state index in [1.165, 1.54) is 11.8 Å². The lowest BCUT2D eigenvalue weighted by atomic mass is 10.3. The van der Waals surface area contributed by atoms with E-state index in [2.05, 4.69) is 11.1 Å². The van der Waals surface area contributed by atoms with E-state index in [-0.39, 0.29) is 12.6 Å². The number of thioether (sulfide) groups is 1. The number of aliphatic hydroxyl groups is 1. The van der Waals surface area contributed by atoms with Crippen LogP contribution >= 0.6 is 11.8 Å². The van der Waals surface area contributed by atoms with Gasteiger partial charge in [0, 0.05) is 18.7 Å². The van der Waals surface area contributed by atoms with Crippen molar-refractivity contribution in [1.29, 1.82) is 5.26 Å². The second-order valence-corrected chi connectivity index (χ2v) is 5.07. The van der Waals surface area contributed by atoms with Gasteiger partial charge in [-0.3, -0.25) is 4.79 Å². The maximum absolute atomic E-state index is 11.2. The Bertz CT molecular complexity index is 468. The van der Waals surface area contributed by atoms with Crippen molar-refractivity contribution in [1.82, 2.24) is 9.55 Å². The van der Waals surface area contributed by atoms with Crippen LogP contribution in [0.15, 0.2) is 11.4 Å². The molecule has 0 bridgehead atoms. The zero-order chi connectivity index (χ0) is 14.8. The Morgan fingerprint density at radius 3 is 3.10 bits per heavy atom. The van der Waals surface area contributed by atoms with E-state index < -0.39 is 0 Å². The van der Waals surface area contributed by atoms with Gasteiger partial charge in [0.2, 0.25) is 0 Å². The van der Waals surface area contributed by atoms with E-state index >= 15 is 0 Å². The quantitative estimate of drug-likeness (QED) is 0.424. The van der Waals surface area contributed by atoms with Crippen LogP contribution in [0, 0.1) is 11.3 Å². The van der Waals surface area contributed by atoms with Gasteiger partial charge in [-0.05, 0) is 13.3 Å².